The van der Waals surface area contributed by atoms with Crippen molar-refractivity contribution in [3.63, 3.8) is 0 Å². The maximum absolute atomic E-state index is 12.3. The first kappa shape index (κ1) is 15.0. The molecule has 24 heavy (non-hydrogen) atoms. The van der Waals surface area contributed by atoms with Crippen LogP contribution in [0.1, 0.15) is 30.8 Å². The maximum atomic E-state index is 12.3. The van der Waals surface area contributed by atoms with Crippen molar-refractivity contribution in [3.8, 4) is 0 Å². The molecule has 0 saturated heterocycles. The summed E-state index contributed by atoms with van der Waals surface area (Å²) in [5.74, 6) is -0.115. The molecule has 9 heteroatoms. The number of carbonyl (C=O) groups is 2. The van der Waals surface area contributed by atoms with E-state index < -0.39 is 0 Å². The molecule has 0 aliphatic carbocycles. The molecule has 7 nitrogen and oxygen atoms in total. The lowest BCUT2D eigenvalue weighted by Crippen LogP contribution is -2.35. The number of hydrogen-bond acceptors (Lipinski definition) is 7. The van der Waals surface area contributed by atoms with E-state index in [1.807, 2.05) is 11.4 Å². The number of nitrogens with zero attached hydrogens (tertiary/aromatic N) is 3. The largest absolute Gasteiger partial charge is 0.351 e. The zero-order chi connectivity index (χ0) is 16.5. The number of hydrogen-bond donors (Lipinski definition) is 1. The molecule has 0 radical (unpaired) electrons. The maximum Gasteiger partial charge on any atom is 0.292 e. The quantitative estimate of drug-likeness (QED) is 0.776. The van der Waals surface area contributed by atoms with Gasteiger partial charge in [0.05, 0.1) is 23.3 Å². The minimum absolute atomic E-state index is 0.161. The molecule has 4 heterocycles. The van der Waals surface area contributed by atoms with Gasteiger partial charge in [-0.05, 0) is 11.4 Å². The molecule has 4 rings (SSSR count). The number of carbonyl (C=O) groups excluding carboxylic acids is 2. The zero-order valence-electron chi connectivity index (χ0n) is 12.4. The third-order valence-corrected chi connectivity index (χ3v) is 5.50. The number of thiazole rings is 1. The molecule has 1 aliphatic heterocycles. The van der Waals surface area contributed by atoms with Crippen LogP contribution in [0.5, 0.6) is 0 Å². The summed E-state index contributed by atoms with van der Waals surface area (Å²) >= 11 is 2.78. The Kier molecular flexibility index (Phi) is 3.87. The summed E-state index contributed by atoms with van der Waals surface area (Å²) in [7, 11) is 0. The van der Waals surface area contributed by atoms with Crippen LogP contribution in [0, 0.1) is 0 Å². The fourth-order valence-corrected chi connectivity index (χ4v) is 4.11. The van der Waals surface area contributed by atoms with Gasteiger partial charge in [0.2, 0.25) is 5.76 Å². The Labute approximate surface area is 144 Å². The van der Waals surface area contributed by atoms with Gasteiger partial charge in [-0.1, -0.05) is 22.6 Å². The van der Waals surface area contributed by atoms with E-state index in [1.54, 1.807) is 17.0 Å². The second-order valence-electron chi connectivity index (χ2n) is 5.17. The lowest BCUT2D eigenvalue weighted by molar-refractivity contribution is 0.0694. The van der Waals surface area contributed by atoms with Crippen molar-refractivity contribution >= 4 is 39.6 Å². The summed E-state index contributed by atoms with van der Waals surface area (Å²) in [5, 5.41) is 8.80. The van der Waals surface area contributed by atoms with E-state index in [9.17, 15) is 9.59 Å². The number of rotatable bonds is 3. The van der Waals surface area contributed by atoms with Gasteiger partial charge in [-0.15, -0.1) is 11.3 Å². The molecular formula is C15H12N4O3S2. The lowest BCUT2D eigenvalue weighted by Gasteiger charge is -2.24. The number of anilines is 1. The molecule has 2 amide bonds. The van der Waals surface area contributed by atoms with Crippen LogP contribution in [0.15, 0.2) is 34.3 Å². The Hall–Kier alpha value is -2.52. The van der Waals surface area contributed by atoms with Crippen molar-refractivity contribution in [2.24, 2.45) is 0 Å². The van der Waals surface area contributed by atoms with Gasteiger partial charge in [0.15, 0.2) is 5.13 Å². The van der Waals surface area contributed by atoms with E-state index in [4.69, 9.17) is 4.52 Å². The number of amides is 2. The molecule has 3 aromatic heterocycles. The third-order valence-electron chi connectivity index (χ3n) is 3.63. The van der Waals surface area contributed by atoms with Crippen molar-refractivity contribution in [2.45, 2.75) is 13.0 Å². The van der Waals surface area contributed by atoms with Gasteiger partial charge in [0, 0.05) is 23.9 Å². The van der Waals surface area contributed by atoms with Crippen molar-refractivity contribution < 1.29 is 14.1 Å². The predicted molar refractivity (Wildman–Crippen MR) is 89.3 cm³/mol. The standard InChI is InChI=1S/C15H12N4O3S2/c20-13(11-2-1-7-23-11)18-15-17-9-4-6-19(8-12(9)24-15)14(21)10-3-5-16-22-10/h1-3,5,7H,4,6,8H2,(H,17,18,20). The van der Waals surface area contributed by atoms with Crippen LogP contribution in [0.2, 0.25) is 0 Å². The summed E-state index contributed by atoms with van der Waals surface area (Å²) in [4.78, 5) is 32.2. The van der Waals surface area contributed by atoms with Crippen LogP contribution in [0.4, 0.5) is 5.13 Å². The van der Waals surface area contributed by atoms with E-state index in [0.29, 0.717) is 29.5 Å². The van der Waals surface area contributed by atoms with Gasteiger partial charge >= 0.3 is 0 Å². The molecule has 0 bridgehead atoms. The minimum atomic E-state index is -0.185. The highest BCUT2D eigenvalue weighted by molar-refractivity contribution is 7.16. The van der Waals surface area contributed by atoms with Gasteiger partial charge in [-0.25, -0.2) is 4.98 Å². The summed E-state index contributed by atoms with van der Waals surface area (Å²) in [6, 6.07) is 5.15. The van der Waals surface area contributed by atoms with Gasteiger partial charge in [0.25, 0.3) is 11.8 Å². The molecule has 0 aromatic carbocycles. The van der Waals surface area contributed by atoms with E-state index in [-0.39, 0.29) is 17.6 Å². The molecule has 0 atom stereocenters. The minimum Gasteiger partial charge on any atom is -0.351 e. The van der Waals surface area contributed by atoms with Crippen molar-refractivity contribution in [1.29, 1.82) is 0 Å². The highest BCUT2D eigenvalue weighted by Gasteiger charge is 2.27. The Morgan fingerprint density at radius 1 is 1.33 bits per heavy atom. The normalized spacial score (nSPS) is 13.6. The molecule has 0 spiro atoms. The molecular weight excluding hydrogens is 348 g/mol. The van der Waals surface area contributed by atoms with Gasteiger partial charge in [-0.2, -0.15) is 0 Å². The topological polar surface area (TPSA) is 88.3 Å². The fourth-order valence-electron chi connectivity index (χ4n) is 2.47. The average Bonchev–Trinajstić information content (AvgIpc) is 3.32. The molecule has 122 valence electrons. The number of nitrogens with one attached hydrogen (secondary N) is 1. The molecule has 0 unspecified atom stereocenters. The van der Waals surface area contributed by atoms with Crippen molar-refractivity contribution in [3.05, 3.63) is 51.0 Å². The molecule has 3 aromatic rings. The number of aromatic nitrogens is 2. The van der Waals surface area contributed by atoms with Gasteiger partial charge < -0.3 is 9.42 Å². The Bertz CT molecular complexity index is 871. The van der Waals surface area contributed by atoms with Crippen LogP contribution in [0.25, 0.3) is 0 Å². The SMILES string of the molecule is O=C(Nc1nc2c(s1)CN(C(=O)c1ccno1)CC2)c1cccs1. The van der Waals surface area contributed by atoms with E-state index >= 15 is 0 Å². The number of thiophene rings is 1. The fraction of sp³-hybridized carbons (Fsp3) is 0.200. The van der Waals surface area contributed by atoms with Crippen molar-refractivity contribution in [1.82, 2.24) is 15.0 Å². The van der Waals surface area contributed by atoms with Crippen LogP contribution in [0.3, 0.4) is 0 Å². The van der Waals surface area contributed by atoms with Crippen LogP contribution in [-0.2, 0) is 13.0 Å². The molecule has 0 saturated carbocycles. The van der Waals surface area contributed by atoms with Crippen molar-refractivity contribution in [2.75, 3.05) is 11.9 Å². The Morgan fingerprint density at radius 3 is 3.00 bits per heavy atom. The molecule has 0 fully saturated rings. The second-order valence-corrected chi connectivity index (χ2v) is 7.21. The van der Waals surface area contributed by atoms with E-state index in [0.717, 1.165) is 10.6 Å². The monoisotopic (exact) mass is 360 g/mol. The van der Waals surface area contributed by atoms with Crippen LogP contribution >= 0.6 is 22.7 Å². The first-order chi connectivity index (χ1) is 11.7. The summed E-state index contributed by atoms with van der Waals surface area (Å²) in [5.41, 5.74) is 0.933. The summed E-state index contributed by atoms with van der Waals surface area (Å²) in [6.45, 7) is 1.02. The van der Waals surface area contributed by atoms with Gasteiger partial charge in [-0.3, -0.25) is 14.9 Å². The second kappa shape index (κ2) is 6.17. The van der Waals surface area contributed by atoms with E-state index in [2.05, 4.69) is 15.5 Å². The number of fused-ring (bicyclic) bond motifs is 1. The zero-order valence-corrected chi connectivity index (χ0v) is 14.0. The smallest absolute Gasteiger partial charge is 0.292 e. The first-order valence-corrected chi connectivity index (χ1v) is 8.94. The predicted octanol–water partition coefficient (Wildman–Crippen LogP) is 2.64. The van der Waals surface area contributed by atoms with E-state index in [1.165, 1.54) is 28.9 Å². The summed E-state index contributed by atoms with van der Waals surface area (Å²) in [6.07, 6.45) is 2.11. The Balaban J connectivity index is 1.48. The van der Waals surface area contributed by atoms with Crippen LogP contribution < -0.4 is 5.32 Å². The molecule has 1 N–H and O–H groups in total. The lowest BCUT2D eigenvalue weighted by atomic mass is 10.1. The summed E-state index contributed by atoms with van der Waals surface area (Å²) < 4.78 is 4.93. The Morgan fingerprint density at radius 2 is 2.25 bits per heavy atom. The van der Waals surface area contributed by atoms with Crippen LogP contribution in [-0.4, -0.2) is 33.4 Å². The average molecular weight is 360 g/mol. The third kappa shape index (κ3) is 2.83. The van der Waals surface area contributed by atoms with Gasteiger partial charge in [0.1, 0.15) is 0 Å². The first-order valence-electron chi connectivity index (χ1n) is 7.24. The highest BCUT2D eigenvalue weighted by Crippen LogP contribution is 2.29. The highest BCUT2D eigenvalue weighted by atomic mass is 32.1. The molecule has 1 aliphatic rings.